The van der Waals surface area contributed by atoms with Crippen molar-refractivity contribution in [3.05, 3.63) is 34.7 Å². The van der Waals surface area contributed by atoms with Crippen LogP contribution in [0.15, 0.2) is 29.6 Å². The molecule has 2 aromatic rings. The van der Waals surface area contributed by atoms with E-state index in [1.165, 1.54) is 0 Å². The van der Waals surface area contributed by atoms with Gasteiger partial charge in [0.15, 0.2) is 0 Å². The van der Waals surface area contributed by atoms with Crippen LogP contribution in [0, 0.1) is 0 Å². The number of ether oxygens (including phenoxy) is 1. The minimum Gasteiger partial charge on any atom is -0.493 e. The molecular weight excluding hydrogens is 256 g/mol. The van der Waals surface area contributed by atoms with Crippen molar-refractivity contribution in [2.45, 2.75) is 32.7 Å². The molecule has 0 saturated carbocycles. The highest BCUT2D eigenvalue weighted by Gasteiger charge is 2.11. The van der Waals surface area contributed by atoms with Crippen molar-refractivity contribution < 1.29 is 4.74 Å². The Morgan fingerprint density at radius 2 is 2.11 bits per heavy atom. The van der Waals surface area contributed by atoms with Crippen LogP contribution < -0.4 is 10.5 Å². The number of rotatable bonds is 6. The van der Waals surface area contributed by atoms with Crippen molar-refractivity contribution in [1.82, 2.24) is 4.98 Å². The van der Waals surface area contributed by atoms with E-state index in [0.29, 0.717) is 6.61 Å². The number of hydrogen-bond donors (Lipinski definition) is 1. The molecule has 0 saturated heterocycles. The zero-order valence-corrected chi connectivity index (χ0v) is 12.2. The number of para-hydroxylation sites is 1. The molecule has 0 radical (unpaired) electrons. The van der Waals surface area contributed by atoms with Gasteiger partial charge in [0.2, 0.25) is 0 Å². The van der Waals surface area contributed by atoms with Crippen LogP contribution in [0.1, 0.15) is 25.3 Å². The molecule has 0 amide bonds. The third-order valence-corrected chi connectivity index (χ3v) is 3.85. The monoisotopic (exact) mass is 276 g/mol. The maximum absolute atomic E-state index is 5.97. The minimum absolute atomic E-state index is 0.195. The summed E-state index contributed by atoms with van der Waals surface area (Å²) in [6.45, 7) is 4.75. The van der Waals surface area contributed by atoms with Crippen molar-refractivity contribution >= 4 is 11.3 Å². The summed E-state index contributed by atoms with van der Waals surface area (Å²) in [7, 11) is 0. The van der Waals surface area contributed by atoms with Crippen molar-refractivity contribution in [3.63, 3.8) is 0 Å². The summed E-state index contributed by atoms with van der Waals surface area (Å²) < 4.78 is 5.64. The highest BCUT2D eigenvalue weighted by molar-refractivity contribution is 7.09. The van der Waals surface area contributed by atoms with Crippen LogP contribution in [0.3, 0.4) is 0 Å². The highest BCUT2D eigenvalue weighted by Crippen LogP contribution is 2.30. The first-order valence-corrected chi connectivity index (χ1v) is 7.54. The Hall–Kier alpha value is -1.39. The number of nitrogens with zero attached hydrogens (tertiary/aromatic N) is 1. The van der Waals surface area contributed by atoms with Gasteiger partial charge in [-0.25, -0.2) is 4.98 Å². The molecule has 1 heterocycles. The molecule has 3 nitrogen and oxygen atoms in total. The lowest BCUT2D eigenvalue weighted by molar-refractivity contribution is 0.341. The Morgan fingerprint density at radius 3 is 2.84 bits per heavy atom. The van der Waals surface area contributed by atoms with Gasteiger partial charge in [-0.2, -0.15) is 0 Å². The van der Waals surface area contributed by atoms with Crippen molar-refractivity contribution in [2.75, 3.05) is 6.61 Å². The zero-order valence-electron chi connectivity index (χ0n) is 11.4. The Kier molecular flexibility index (Phi) is 4.93. The third-order valence-electron chi connectivity index (χ3n) is 2.98. The van der Waals surface area contributed by atoms with Crippen LogP contribution in [0.5, 0.6) is 5.75 Å². The van der Waals surface area contributed by atoms with Gasteiger partial charge in [-0.3, -0.25) is 0 Å². The van der Waals surface area contributed by atoms with Crippen molar-refractivity contribution in [2.24, 2.45) is 5.73 Å². The molecule has 1 unspecified atom stereocenters. The van der Waals surface area contributed by atoms with Gasteiger partial charge in [0, 0.05) is 23.4 Å². The van der Waals surface area contributed by atoms with Crippen LogP contribution in [0.25, 0.3) is 11.3 Å². The first kappa shape index (κ1) is 14.0. The van der Waals surface area contributed by atoms with Crippen molar-refractivity contribution in [3.8, 4) is 17.0 Å². The first-order valence-electron chi connectivity index (χ1n) is 6.66. The van der Waals surface area contributed by atoms with Gasteiger partial charge >= 0.3 is 0 Å². The van der Waals surface area contributed by atoms with E-state index in [2.05, 4.69) is 17.3 Å². The Bertz CT molecular complexity index is 524. The van der Waals surface area contributed by atoms with E-state index < -0.39 is 0 Å². The summed E-state index contributed by atoms with van der Waals surface area (Å²) >= 11 is 1.67. The molecule has 0 fully saturated rings. The van der Waals surface area contributed by atoms with Crippen LogP contribution in [-0.4, -0.2) is 17.6 Å². The lowest BCUT2D eigenvalue weighted by Gasteiger charge is -2.08. The van der Waals surface area contributed by atoms with Gasteiger partial charge in [0.25, 0.3) is 0 Å². The molecule has 1 aromatic heterocycles. The number of hydrogen-bond acceptors (Lipinski definition) is 4. The summed E-state index contributed by atoms with van der Waals surface area (Å²) in [6.07, 6.45) is 1.82. The standard InChI is InChI=1S/C15H20N2OS/c1-3-11(16)9-15-17-13(10-19-15)12-7-5-6-8-14(12)18-4-2/h5-8,10-11H,3-4,9,16H2,1-2H3. The smallest absolute Gasteiger partial charge is 0.128 e. The lowest BCUT2D eigenvalue weighted by atomic mass is 10.1. The molecule has 102 valence electrons. The minimum atomic E-state index is 0.195. The summed E-state index contributed by atoms with van der Waals surface area (Å²) in [5, 5.41) is 3.17. The van der Waals surface area contributed by atoms with Gasteiger partial charge in [-0.1, -0.05) is 19.1 Å². The SMILES string of the molecule is CCOc1ccccc1-c1csc(CC(N)CC)n1. The fraction of sp³-hybridized carbons (Fsp3) is 0.400. The van der Waals surface area contributed by atoms with E-state index in [9.17, 15) is 0 Å². The van der Waals surface area contributed by atoms with Crippen molar-refractivity contribution in [1.29, 1.82) is 0 Å². The first-order chi connectivity index (χ1) is 9.24. The molecule has 0 aliphatic rings. The molecule has 19 heavy (non-hydrogen) atoms. The van der Waals surface area contributed by atoms with Gasteiger partial charge in [0.05, 0.1) is 17.3 Å². The number of nitrogens with two attached hydrogens (primary N) is 1. The van der Waals surface area contributed by atoms with Gasteiger partial charge in [-0.15, -0.1) is 11.3 Å². The molecule has 0 aliphatic heterocycles. The Labute approximate surface area is 118 Å². The second kappa shape index (κ2) is 6.68. The Morgan fingerprint density at radius 1 is 1.32 bits per heavy atom. The molecule has 0 bridgehead atoms. The van der Waals surface area contributed by atoms with E-state index in [0.717, 1.165) is 34.9 Å². The topological polar surface area (TPSA) is 48.1 Å². The van der Waals surface area contributed by atoms with E-state index in [1.807, 2.05) is 31.2 Å². The summed E-state index contributed by atoms with van der Waals surface area (Å²) in [5.41, 5.74) is 8.00. The number of aromatic nitrogens is 1. The average molecular weight is 276 g/mol. The summed E-state index contributed by atoms with van der Waals surface area (Å²) in [6, 6.07) is 8.21. The average Bonchev–Trinajstić information content (AvgIpc) is 2.88. The third kappa shape index (κ3) is 3.55. The zero-order chi connectivity index (χ0) is 13.7. The van der Waals surface area contributed by atoms with E-state index >= 15 is 0 Å². The number of thiazole rings is 1. The van der Waals surface area contributed by atoms with E-state index in [-0.39, 0.29) is 6.04 Å². The van der Waals surface area contributed by atoms with Crippen LogP contribution >= 0.6 is 11.3 Å². The molecule has 0 aliphatic carbocycles. The fourth-order valence-electron chi connectivity index (χ4n) is 1.86. The fourth-order valence-corrected chi connectivity index (χ4v) is 2.75. The summed E-state index contributed by atoms with van der Waals surface area (Å²) in [5.74, 6) is 0.890. The molecule has 1 aromatic carbocycles. The normalized spacial score (nSPS) is 12.4. The molecule has 1 atom stereocenters. The molecule has 0 spiro atoms. The predicted molar refractivity (Wildman–Crippen MR) is 80.7 cm³/mol. The molecular formula is C15H20N2OS. The maximum Gasteiger partial charge on any atom is 0.128 e. The second-order valence-electron chi connectivity index (χ2n) is 4.43. The Balaban J connectivity index is 2.22. The molecule has 2 rings (SSSR count). The molecule has 2 N–H and O–H groups in total. The predicted octanol–water partition coefficient (Wildman–Crippen LogP) is 3.49. The molecule has 4 heteroatoms. The number of benzene rings is 1. The largest absolute Gasteiger partial charge is 0.493 e. The lowest BCUT2D eigenvalue weighted by Crippen LogP contribution is -2.21. The van der Waals surface area contributed by atoms with Crippen LogP contribution in [-0.2, 0) is 6.42 Å². The van der Waals surface area contributed by atoms with Gasteiger partial charge < -0.3 is 10.5 Å². The second-order valence-corrected chi connectivity index (χ2v) is 5.37. The summed E-state index contributed by atoms with van der Waals surface area (Å²) in [4.78, 5) is 4.67. The highest BCUT2D eigenvalue weighted by atomic mass is 32.1. The van der Waals surface area contributed by atoms with Crippen LogP contribution in [0.2, 0.25) is 0 Å². The van der Waals surface area contributed by atoms with E-state index in [1.54, 1.807) is 11.3 Å². The van der Waals surface area contributed by atoms with E-state index in [4.69, 9.17) is 10.5 Å². The van der Waals surface area contributed by atoms with Gasteiger partial charge in [0.1, 0.15) is 5.75 Å². The maximum atomic E-state index is 5.97. The van der Waals surface area contributed by atoms with Crippen LogP contribution in [0.4, 0.5) is 0 Å². The van der Waals surface area contributed by atoms with Gasteiger partial charge in [-0.05, 0) is 25.5 Å². The quantitative estimate of drug-likeness (QED) is 0.878.